The van der Waals surface area contributed by atoms with Gasteiger partial charge in [0.05, 0.1) is 35.8 Å². The SMILES string of the molecule is CCCCOC(=O)N1C2Cc3[nH]ncc3N1C(C)(C)C2. The van der Waals surface area contributed by atoms with E-state index in [-0.39, 0.29) is 17.7 Å². The molecule has 1 N–H and O–H groups in total. The zero-order chi connectivity index (χ0) is 14.3. The first kappa shape index (κ1) is 13.3. The number of nitrogens with one attached hydrogen (secondary N) is 1. The third kappa shape index (κ3) is 1.94. The first-order chi connectivity index (χ1) is 9.54. The molecule has 1 atom stereocenters. The number of hydrazine groups is 1. The van der Waals surface area contributed by atoms with Crippen LogP contribution >= 0.6 is 0 Å². The van der Waals surface area contributed by atoms with Crippen molar-refractivity contribution in [2.45, 2.75) is 58.0 Å². The molecule has 1 aromatic rings. The van der Waals surface area contributed by atoms with Gasteiger partial charge >= 0.3 is 6.09 Å². The molecule has 0 aromatic carbocycles. The molecule has 6 heteroatoms. The van der Waals surface area contributed by atoms with Gasteiger partial charge in [-0.2, -0.15) is 5.10 Å². The van der Waals surface area contributed by atoms with Crippen molar-refractivity contribution in [3.63, 3.8) is 0 Å². The Hall–Kier alpha value is -1.72. The van der Waals surface area contributed by atoms with Gasteiger partial charge in [0, 0.05) is 6.42 Å². The topological polar surface area (TPSA) is 61.5 Å². The average Bonchev–Trinajstić information content (AvgIpc) is 2.91. The summed E-state index contributed by atoms with van der Waals surface area (Å²) in [5, 5.41) is 11.0. The zero-order valence-electron chi connectivity index (χ0n) is 12.3. The van der Waals surface area contributed by atoms with Gasteiger partial charge in [-0.3, -0.25) is 10.1 Å². The largest absolute Gasteiger partial charge is 0.448 e. The fourth-order valence-electron chi connectivity index (χ4n) is 3.28. The molecule has 1 saturated heterocycles. The Morgan fingerprint density at radius 3 is 3.15 bits per heavy atom. The minimum atomic E-state index is -0.235. The minimum absolute atomic E-state index is 0.0937. The summed E-state index contributed by atoms with van der Waals surface area (Å²) in [6.07, 6.45) is 5.25. The number of carbonyl (C=O) groups excluding carboxylic acids is 1. The summed E-state index contributed by atoms with van der Waals surface area (Å²) in [6, 6.07) is 0.159. The van der Waals surface area contributed by atoms with E-state index in [4.69, 9.17) is 4.74 Å². The molecular weight excluding hydrogens is 256 g/mol. The molecule has 0 saturated carbocycles. The number of aromatic nitrogens is 2. The molecule has 20 heavy (non-hydrogen) atoms. The lowest BCUT2D eigenvalue weighted by atomic mass is 9.97. The summed E-state index contributed by atoms with van der Waals surface area (Å²) in [4.78, 5) is 12.4. The van der Waals surface area contributed by atoms with Crippen LogP contribution in [-0.4, -0.2) is 39.5 Å². The number of carbonyl (C=O) groups is 1. The summed E-state index contributed by atoms with van der Waals surface area (Å²) >= 11 is 0. The van der Waals surface area contributed by atoms with Crippen molar-refractivity contribution in [3.05, 3.63) is 11.9 Å². The molecule has 0 aliphatic carbocycles. The van der Waals surface area contributed by atoms with E-state index >= 15 is 0 Å². The Morgan fingerprint density at radius 1 is 1.60 bits per heavy atom. The van der Waals surface area contributed by atoms with Crippen molar-refractivity contribution in [1.82, 2.24) is 15.2 Å². The van der Waals surface area contributed by atoms with E-state index in [9.17, 15) is 4.79 Å². The van der Waals surface area contributed by atoms with Gasteiger partial charge in [-0.15, -0.1) is 0 Å². The second kappa shape index (κ2) is 4.68. The predicted molar refractivity (Wildman–Crippen MR) is 75.3 cm³/mol. The Kier molecular flexibility index (Phi) is 3.11. The molecule has 2 aliphatic rings. The molecule has 110 valence electrons. The average molecular weight is 278 g/mol. The molecule has 1 amide bonds. The monoisotopic (exact) mass is 278 g/mol. The second-order valence-electron chi connectivity index (χ2n) is 6.23. The second-order valence-corrected chi connectivity index (χ2v) is 6.23. The normalized spacial score (nSPS) is 22.9. The number of unbranched alkanes of at least 4 members (excludes halogenated alkanes) is 1. The third-order valence-electron chi connectivity index (χ3n) is 4.14. The lowest BCUT2D eigenvalue weighted by Crippen LogP contribution is -2.53. The number of rotatable bonds is 3. The highest BCUT2D eigenvalue weighted by molar-refractivity contribution is 5.74. The fourth-order valence-corrected chi connectivity index (χ4v) is 3.28. The molecule has 3 heterocycles. The van der Waals surface area contributed by atoms with Gasteiger partial charge in [-0.05, 0) is 26.7 Å². The van der Waals surface area contributed by atoms with Gasteiger partial charge < -0.3 is 4.74 Å². The van der Waals surface area contributed by atoms with Crippen LogP contribution in [0.15, 0.2) is 6.20 Å². The molecule has 6 nitrogen and oxygen atoms in total. The fraction of sp³-hybridized carbons (Fsp3) is 0.714. The summed E-state index contributed by atoms with van der Waals surface area (Å²) in [5.74, 6) is 0. The van der Waals surface area contributed by atoms with E-state index in [1.54, 1.807) is 11.2 Å². The maximum Gasteiger partial charge on any atom is 0.429 e. The molecule has 1 aromatic heterocycles. The standard InChI is InChI=1S/C14H22N4O2/c1-4-5-6-20-13(19)17-10-7-11-12(9-15-16-11)18(17)14(2,3)8-10/h9-10H,4-8H2,1-3H3,(H,15,16). The number of fused-ring (bicyclic) bond motifs is 4. The summed E-state index contributed by atoms with van der Waals surface area (Å²) < 4.78 is 5.40. The number of hydrogen-bond acceptors (Lipinski definition) is 4. The van der Waals surface area contributed by atoms with Crippen molar-refractivity contribution >= 4 is 11.8 Å². The molecule has 2 aliphatic heterocycles. The van der Waals surface area contributed by atoms with E-state index < -0.39 is 0 Å². The van der Waals surface area contributed by atoms with Crippen LogP contribution in [0.2, 0.25) is 0 Å². The molecule has 3 rings (SSSR count). The molecular formula is C14H22N4O2. The van der Waals surface area contributed by atoms with Crippen molar-refractivity contribution in [3.8, 4) is 0 Å². The van der Waals surface area contributed by atoms with E-state index in [2.05, 4.69) is 31.0 Å². The highest BCUT2D eigenvalue weighted by atomic mass is 16.6. The van der Waals surface area contributed by atoms with Crippen LogP contribution in [0.5, 0.6) is 0 Å². The number of aromatic amines is 1. The summed E-state index contributed by atoms with van der Waals surface area (Å²) in [6.45, 7) is 6.89. The molecule has 0 radical (unpaired) electrons. The molecule has 1 fully saturated rings. The first-order valence-electron chi connectivity index (χ1n) is 7.33. The summed E-state index contributed by atoms with van der Waals surface area (Å²) in [5.41, 5.74) is 2.01. The van der Waals surface area contributed by atoms with Crippen molar-refractivity contribution in [2.75, 3.05) is 11.6 Å². The van der Waals surface area contributed by atoms with Crippen LogP contribution in [0.4, 0.5) is 10.5 Å². The third-order valence-corrected chi connectivity index (χ3v) is 4.14. The van der Waals surface area contributed by atoms with Gasteiger partial charge in [-0.25, -0.2) is 9.80 Å². The Labute approximate surface area is 119 Å². The van der Waals surface area contributed by atoms with Crippen LogP contribution in [0.25, 0.3) is 0 Å². The highest BCUT2D eigenvalue weighted by Crippen LogP contribution is 2.44. The predicted octanol–water partition coefficient (Wildman–Crippen LogP) is 2.48. The van der Waals surface area contributed by atoms with Crippen molar-refractivity contribution in [1.29, 1.82) is 0 Å². The maximum atomic E-state index is 12.4. The van der Waals surface area contributed by atoms with E-state index in [1.165, 1.54) is 0 Å². The van der Waals surface area contributed by atoms with Gasteiger partial charge in [0.2, 0.25) is 0 Å². The number of nitrogens with zero attached hydrogens (tertiary/aromatic N) is 3. The van der Waals surface area contributed by atoms with Gasteiger partial charge in [0.1, 0.15) is 0 Å². The molecule has 2 bridgehead atoms. The van der Waals surface area contributed by atoms with Crippen LogP contribution in [0.1, 0.15) is 45.7 Å². The molecule has 0 spiro atoms. The summed E-state index contributed by atoms with van der Waals surface area (Å²) in [7, 11) is 0. The molecule has 1 unspecified atom stereocenters. The van der Waals surface area contributed by atoms with E-state index in [0.717, 1.165) is 37.1 Å². The van der Waals surface area contributed by atoms with E-state index in [0.29, 0.717) is 6.61 Å². The Morgan fingerprint density at radius 2 is 2.40 bits per heavy atom. The number of H-pyrrole nitrogens is 1. The van der Waals surface area contributed by atoms with Crippen LogP contribution < -0.4 is 5.01 Å². The van der Waals surface area contributed by atoms with Crippen molar-refractivity contribution in [2.24, 2.45) is 0 Å². The Balaban J connectivity index is 1.85. The highest BCUT2D eigenvalue weighted by Gasteiger charge is 2.52. The Bertz CT molecular complexity index is 511. The maximum absolute atomic E-state index is 12.4. The quantitative estimate of drug-likeness (QED) is 0.863. The minimum Gasteiger partial charge on any atom is -0.448 e. The number of hydrogen-bond donors (Lipinski definition) is 1. The lowest BCUT2D eigenvalue weighted by Gasteiger charge is -2.40. The van der Waals surface area contributed by atoms with E-state index in [1.807, 2.05) is 5.01 Å². The lowest BCUT2D eigenvalue weighted by molar-refractivity contribution is 0.0877. The first-order valence-corrected chi connectivity index (χ1v) is 7.33. The van der Waals surface area contributed by atoms with Crippen LogP contribution in [0, 0.1) is 0 Å². The zero-order valence-corrected chi connectivity index (χ0v) is 12.3. The smallest absolute Gasteiger partial charge is 0.429 e. The van der Waals surface area contributed by atoms with Gasteiger partial charge in [0.15, 0.2) is 0 Å². The van der Waals surface area contributed by atoms with Gasteiger partial charge in [-0.1, -0.05) is 13.3 Å². The van der Waals surface area contributed by atoms with Crippen LogP contribution in [-0.2, 0) is 11.2 Å². The van der Waals surface area contributed by atoms with Crippen LogP contribution in [0.3, 0.4) is 0 Å². The van der Waals surface area contributed by atoms with Gasteiger partial charge in [0.25, 0.3) is 0 Å². The number of ether oxygens (including phenoxy) is 1. The van der Waals surface area contributed by atoms with Crippen molar-refractivity contribution < 1.29 is 9.53 Å². The number of amides is 1. The number of anilines is 1.